The molecular formula is C18H19N5O2S. The van der Waals surface area contributed by atoms with Crippen LogP contribution in [0.15, 0.2) is 53.9 Å². The van der Waals surface area contributed by atoms with Crippen LogP contribution in [0.4, 0.5) is 5.69 Å². The van der Waals surface area contributed by atoms with Gasteiger partial charge >= 0.3 is 0 Å². The maximum atomic E-state index is 11.0. The summed E-state index contributed by atoms with van der Waals surface area (Å²) < 4.78 is 2.09. The average Bonchev–Trinajstić information content (AvgIpc) is 3.05. The van der Waals surface area contributed by atoms with E-state index in [-0.39, 0.29) is 15.9 Å². The summed E-state index contributed by atoms with van der Waals surface area (Å²) in [6.07, 6.45) is 4.42. The predicted molar refractivity (Wildman–Crippen MR) is 101 cm³/mol. The Balaban J connectivity index is 1.89. The van der Waals surface area contributed by atoms with Crippen molar-refractivity contribution in [1.82, 2.24) is 19.7 Å². The maximum absolute atomic E-state index is 11.0. The molecule has 0 bridgehead atoms. The predicted octanol–water partition coefficient (Wildman–Crippen LogP) is 4.51. The number of non-ortho nitro benzene ring substituents is 1. The molecule has 3 rings (SSSR count). The number of rotatable bonds is 7. The Labute approximate surface area is 155 Å². The summed E-state index contributed by atoms with van der Waals surface area (Å²) >= 11 is 1.55. The normalized spacial score (nSPS) is 12.1. The molecule has 1 aromatic carbocycles. The summed E-state index contributed by atoms with van der Waals surface area (Å²) in [6, 6.07) is 10.5. The summed E-state index contributed by atoms with van der Waals surface area (Å²) in [7, 11) is 0. The summed E-state index contributed by atoms with van der Waals surface area (Å²) in [5.74, 6) is 0.808. The lowest BCUT2D eigenvalue weighted by Gasteiger charge is -2.13. The van der Waals surface area contributed by atoms with Gasteiger partial charge in [-0.1, -0.05) is 30.8 Å². The quantitative estimate of drug-likeness (QED) is 0.346. The fraction of sp³-hybridized carbons (Fsp3) is 0.278. The molecule has 7 nitrogen and oxygen atoms in total. The van der Waals surface area contributed by atoms with E-state index in [4.69, 9.17) is 0 Å². The standard InChI is InChI=1S/C18H19N5O2S/c1-3-11-22-17(14-7-9-19-10-8-14)20-21-18(22)26-13(2)15-5-4-6-16(12-15)23(24)25/h4-10,12-13H,3,11H2,1-2H3. The van der Waals surface area contributed by atoms with Gasteiger partial charge in [0, 0.05) is 41.9 Å². The summed E-state index contributed by atoms with van der Waals surface area (Å²) in [4.78, 5) is 14.7. The zero-order valence-electron chi connectivity index (χ0n) is 14.6. The molecule has 0 amide bonds. The van der Waals surface area contributed by atoms with Gasteiger partial charge in [0.1, 0.15) is 0 Å². The van der Waals surface area contributed by atoms with Crippen molar-refractivity contribution in [3.63, 3.8) is 0 Å². The van der Waals surface area contributed by atoms with Gasteiger partial charge in [-0.3, -0.25) is 15.1 Å². The second-order valence-electron chi connectivity index (χ2n) is 5.81. The van der Waals surface area contributed by atoms with E-state index >= 15 is 0 Å². The first kappa shape index (κ1) is 18.1. The van der Waals surface area contributed by atoms with Gasteiger partial charge in [-0.25, -0.2) is 0 Å². The number of nitro groups is 1. The largest absolute Gasteiger partial charge is 0.302 e. The van der Waals surface area contributed by atoms with Crippen molar-refractivity contribution in [2.45, 2.75) is 37.2 Å². The van der Waals surface area contributed by atoms with E-state index < -0.39 is 0 Å². The second kappa shape index (κ2) is 8.09. The Morgan fingerprint density at radius 1 is 1.23 bits per heavy atom. The highest BCUT2D eigenvalue weighted by atomic mass is 32.2. The van der Waals surface area contributed by atoms with Crippen LogP contribution in [0.25, 0.3) is 11.4 Å². The minimum atomic E-state index is -0.373. The molecule has 0 aliphatic heterocycles. The number of nitrogens with zero attached hydrogens (tertiary/aromatic N) is 5. The van der Waals surface area contributed by atoms with E-state index in [0.29, 0.717) is 0 Å². The third kappa shape index (κ3) is 3.91. The van der Waals surface area contributed by atoms with Crippen LogP contribution in [0.2, 0.25) is 0 Å². The fourth-order valence-corrected chi connectivity index (χ4v) is 3.62. The van der Waals surface area contributed by atoms with Crippen molar-refractivity contribution in [2.24, 2.45) is 0 Å². The van der Waals surface area contributed by atoms with Crippen LogP contribution in [-0.4, -0.2) is 24.7 Å². The number of hydrogen-bond acceptors (Lipinski definition) is 6. The first-order valence-electron chi connectivity index (χ1n) is 8.34. The first-order chi connectivity index (χ1) is 12.6. The maximum Gasteiger partial charge on any atom is 0.269 e. The van der Waals surface area contributed by atoms with Gasteiger partial charge in [0.25, 0.3) is 5.69 Å². The van der Waals surface area contributed by atoms with Gasteiger partial charge in [0.15, 0.2) is 11.0 Å². The van der Waals surface area contributed by atoms with Crippen molar-refractivity contribution in [1.29, 1.82) is 0 Å². The summed E-state index contributed by atoms with van der Waals surface area (Å²) in [6.45, 7) is 4.92. The van der Waals surface area contributed by atoms with Gasteiger partial charge in [-0.05, 0) is 31.0 Å². The summed E-state index contributed by atoms with van der Waals surface area (Å²) in [5.41, 5.74) is 1.96. The van der Waals surface area contributed by atoms with Gasteiger partial charge in [-0.2, -0.15) is 0 Å². The zero-order chi connectivity index (χ0) is 18.5. The number of benzene rings is 1. The number of hydrogen-bond donors (Lipinski definition) is 0. The third-order valence-electron chi connectivity index (χ3n) is 3.94. The van der Waals surface area contributed by atoms with Crippen LogP contribution in [0.3, 0.4) is 0 Å². The van der Waals surface area contributed by atoms with Crippen molar-refractivity contribution < 1.29 is 4.92 Å². The molecule has 1 unspecified atom stereocenters. The number of pyridine rings is 1. The second-order valence-corrected chi connectivity index (χ2v) is 7.11. The van der Waals surface area contributed by atoms with Crippen LogP contribution in [0, 0.1) is 10.1 Å². The van der Waals surface area contributed by atoms with Crippen molar-refractivity contribution in [2.75, 3.05) is 0 Å². The Morgan fingerprint density at radius 3 is 2.69 bits per heavy atom. The minimum absolute atomic E-state index is 0.0139. The van der Waals surface area contributed by atoms with Crippen molar-refractivity contribution in [3.05, 3.63) is 64.5 Å². The van der Waals surface area contributed by atoms with E-state index in [0.717, 1.165) is 35.1 Å². The van der Waals surface area contributed by atoms with Gasteiger partial charge in [0.05, 0.1) is 4.92 Å². The molecule has 0 saturated heterocycles. The molecule has 1 atom stereocenters. The van der Waals surface area contributed by atoms with E-state index in [1.165, 1.54) is 6.07 Å². The lowest BCUT2D eigenvalue weighted by Crippen LogP contribution is -2.03. The lowest BCUT2D eigenvalue weighted by molar-refractivity contribution is -0.384. The molecule has 8 heteroatoms. The zero-order valence-corrected chi connectivity index (χ0v) is 15.4. The third-order valence-corrected chi connectivity index (χ3v) is 5.07. The molecule has 0 fully saturated rings. The first-order valence-corrected chi connectivity index (χ1v) is 9.22. The molecule has 0 aliphatic rings. The van der Waals surface area contributed by atoms with Crippen molar-refractivity contribution >= 4 is 17.4 Å². The average molecular weight is 369 g/mol. The van der Waals surface area contributed by atoms with E-state index in [1.807, 2.05) is 25.1 Å². The minimum Gasteiger partial charge on any atom is -0.302 e. The lowest BCUT2D eigenvalue weighted by atomic mass is 10.1. The van der Waals surface area contributed by atoms with Crippen LogP contribution >= 0.6 is 11.8 Å². The van der Waals surface area contributed by atoms with Crippen LogP contribution in [0.1, 0.15) is 31.1 Å². The van der Waals surface area contributed by atoms with E-state index in [9.17, 15) is 10.1 Å². The highest BCUT2D eigenvalue weighted by Crippen LogP contribution is 2.36. The van der Waals surface area contributed by atoms with Crippen LogP contribution < -0.4 is 0 Å². The number of thioether (sulfide) groups is 1. The number of aromatic nitrogens is 4. The van der Waals surface area contributed by atoms with Gasteiger partial charge in [-0.15, -0.1) is 10.2 Å². The molecule has 0 N–H and O–H groups in total. The Hall–Kier alpha value is -2.74. The van der Waals surface area contributed by atoms with Crippen LogP contribution in [0.5, 0.6) is 0 Å². The molecule has 134 valence electrons. The Kier molecular flexibility index (Phi) is 5.62. The number of nitro benzene ring substituents is 1. The van der Waals surface area contributed by atoms with Crippen LogP contribution in [-0.2, 0) is 6.54 Å². The SMILES string of the molecule is CCCn1c(SC(C)c2cccc([N+](=O)[O-])c2)nnc1-c1ccncc1. The molecule has 2 heterocycles. The summed E-state index contributed by atoms with van der Waals surface area (Å²) in [5, 5.41) is 20.5. The fourth-order valence-electron chi connectivity index (χ4n) is 2.63. The van der Waals surface area contributed by atoms with Crippen molar-refractivity contribution in [3.8, 4) is 11.4 Å². The highest BCUT2D eigenvalue weighted by Gasteiger charge is 2.18. The smallest absolute Gasteiger partial charge is 0.269 e. The molecule has 0 spiro atoms. The van der Waals surface area contributed by atoms with E-state index in [2.05, 4.69) is 26.7 Å². The molecule has 3 aromatic rings. The van der Waals surface area contributed by atoms with E-state index in [1.54, 1.807) is 36.3 Å². The molecule has 0 saturated carbocycles. The Morgan fingerprint density at radius 2 is 2.00 bits per heavy atom. The van der Waals surface area contributed by atoms with Gasteiger partial charge in [0.2, 0.25) is 0 Å². The molecule has 26 heavy (non-hydrogen) atoms. The van der Waals surface area contributed by atoms with Gasteiger partial charge < -0.3 is 4.57 Å². The molecular weight excluding hydrogens is 350 g/mol. The Bertz CT molecular complexity index is 898. The molecule has 0 radical (unpaired) electrons. The topological polar surface area (TPSA) is 86.7 Å². The molecule has 2 aromatic heterocycles. The molecule has 0 aliphatic carbocycles. The monoisotopic (exact) mass is 369 g/mol. The highest BCUT2D eigenvalue weighted by molar-refractivity contribution is 7.99.